The quantitative estimate of drug-likeness (QED) is 0.738. The fraction of sp³-hybridized carbons (Fsp3) is 0.824. The molecule has 3 nitrogen and oxygen atoms in total. The average molecular weight is 278 g/mol. The third-order valence-corrected chi connectivity index (χ3v) is 4.84. The van der Waals surface area contributed by atoms with Crippen LogP contribution in [0.15, 0.2) is 12.2 Å². The maximum absolute atomic E-state index is 12.2. The van der Waals surface area contributed by atoms with Crippen molar-refractivity contribution < 1.29 is 4.79 Å². The van der Waals surface area contributed by atoms with Crippen LogP contribution in [0.4, 0.5) is 0 Å². The fourth-order valence-corrected chi connectivity index (χ4v) is 3.35. The fourth-order valence-electron chi connectivity index (χ4n) is 3.35. The lowest BCUT2D eigenvalue weighted by molar-refractivity contribution is -0.128. The SMILES string of the molecule is CC1CCN(C/C=C/C(=O)N2CCCC(C(C)C)C2)C1. The first-order chi connectivity index (χ1) is 9.56. The molecule has 2 rings (SSSR count). The van der Waals surface area contributed by atoms with E-state index in [0.29, 0.717) is 11.8 Å². The van der Waals surface area contributed by atoms with Crippen LogP contribution in [0, 0.1) is 17.8 Å². The van der Waals surface area contributed by atoms with E-state index in [9.17, 15) is 4.79 Å². The molecule has 2 unspecified atom stereocenters. The Morgan fingerprint density at radius 1 is 1.25 bits per heavy atom. The zero-order chi connectivity index (χ0) is 14.5. The van der Waals surface area contributed by atoms with Gasteiger partial charge in [0.05, 0.1) is 0 Å². The zero-order valence-corrected chi connectivity index (χ0v) is 13.3. The van der Waals surface area contributed by atoms with Crippen LogP contribution in [0.2, 0.25) is 0 Å². The van der Waals surface area contributed by atoms with E-state index < -0.39 is 0 Å². The van der Waals surface area contributed by atoms with E-state index in [0.717, 1.165) is 32.0 Å². The molecule has 0 N–H and O–H groups in total. The van der Waals surface area contributed by atoms with Crippen molar-refractivity contribution in [1.82, 2.24) is 9.80 Å². The van der Waals surface area contributed by atoms with Crippen molar-refractivity contribution in [2.45, 2.75) is 40.0 Å². The Morgan fingerprint density at radius 3 is 2.70 bits per heavy atom. The van der Waals surface area contributed by atoms with Gasteiger partial charge in [-0.05, 0) is 43.6 Å². The smallest absolute Gasteiger partial charge is 0.246 e. The molecule has 2 fully saturated rings. The number of likely N-dealkylation sites (tertiary alicyclic amines) is 2. The first-order valence-electron chi connectivity index (χ1n) is 8.24. The predicted octanol–water partition coefficient (Wildman–Crippen LogP) is 2.78. The number of hydrogen-bond donors (Lipinski definition) is 0. The van der Waals surface area contributed by atoms with Gasteiger partial charge in [0, 0.05) is 32.3 Å². The van der Waals surface area contributed by atoms with Gasteiger partial charge in [0.1, 0.15) is 0 Å². The van der Waals surface area contributed by atoms with Crippen molar-refractivity contribution in [2.75, 3.05) is 32.7 Å². The second kappa shape index (κ2) is 7.26. The van der Waals surface area contributed by atoms with Gasteiger partial charge < -0.3 is 4.90 Å². The molecule has 0 spiro atoms. The molecule has 2 aliphatic heterocycles. The van der Waals surface area contributed by atoms with Gasteiger partial charge in [-0.3, -0.25) is 9.69 Å². The molecule has 2 atom stereocenters. The number of carbonyl (C=O) groups excluding carboxylic acids is 1. The molecule has 0 bridgehead atoms. The molecule has 0 aliphatic carbocycles. The highest BCUT2D eigenvalue weighted by Crippen LogP contribution is 2.23. The Balaban J connectivity index is 1.76. The van der Waals surface area contributed by atoms with Crippen LogP contribution >= 0.6 is 0 Å². The summed E-state index contributed by atoms with van der Waals surface area (Å²) in [7, 11) is 0. The van der Waals surface area contributed by atoms with Crippen LogP contribution in [0.3, 0.4) is 0 Å². The first-order valence-corrected chi connectivity index (χ1v) is 8.24. The molecule has 2 saturated heterocycles. The van der Waals surface area contributed by atoms with E-state index in [2.05, 4.69) is 31.7 Å². The van der Waals surface area contributed by atoms with Crippen molar-refractivity contribution >= 4 is 5.91 Å². The maximum Gasteiger partial charge on any atom is 0.246 e. The Labute approximate surface area is 124 Å². The molecule has 0 aromatic rings. The van der Waals surface area contributed by atoms with E-state index in [1.54, 1.807) is 6.08 Å². The van der Waals surface area contributed by atoms with Crippen molar-refractivity contribution in [3.8, 4) is 0 Å². The van der Waals surface area contributed by atoms with Gasteiger partial charge in [-0.25, -0.2) is 0 Å². The summed E-state index contributed by atoms with van der Waals surface area (Å²) in [6.45, 7) is 12.0. The van der Waals surface area contributed by atoms with Crippen LogP contribution in [-0.2, 0) is 4.79 Å². The lowest BCUT2D eigenvalue weighted by atomic mass is 9.88. The summed E-state index contributed by atoms with van der Waals surface area (Å²) in [5.74, 6) is 2.39. The topological polar surface area (TPSA) is 23.6 Å². The van der Waals surface area contributed by atoms with Gasteiger partial charge in [0.2, 0.25) is 5.91 Å². The van der Waals surface area contributed by atoms with Crippen LogP contribution in [0.5, 0.6) is 0 Å². The Morgan fingerprint density at radius 2 is 2.05 bits per heavy atom. The molecular weight excluding hydrogens is 248 g/mol. The van der Waals surface area contributed by atoms with Crippen molar-refractivity contribution in [3.05, 3.63) is 12.2 Å². The lowest BCUT2D eigenvalue weighted by Crippen LogP contribution is -2.40. The zero-order valence-electron chi connectivity index (χ0n) is 13.3. The Bertz CT molecular complexity index is 351. The van der Waals surface area contributed by atoms with Gasteiger partial charge in [0.25, 0.3) is 0 Å². The number of amides is 1. The minimum atomic E-state index is 0.211. The van der Waals surface area contributed by atoms with Crippen LogP contribution in [0.25, 0.3) is 0 Å². The van der Waals surface area contributed by atoms with Gasteiger partial charge in [-0.1, -0.05) is 26.8 Å². The van der Waals surface area contributed by atoms with E-state index in [4.69, 9.17) is 0 Å². The molecule has 0 aromatic heterocycles. The van der Waals surface area contributed by atoms with Crippen molar-refractivity contribution in [2.24, 2.45) is 17.8 Å². The third-order valence-electron chi connectivity index (χ3n) is 4.84. The van der Waals surface area contributed by atoms with E-state index >= 15 is 0 Å². The molecule has 2 heterocycles. The highest BCUT2D eigenvalue weighted by atomic mass is 16.2. The second-order valence-corrected chi connectivity index (χ2v) is 6.99. The van der Waals surface area contributed by atoms with E-state index in [-0.39, 0.29) is 5.91 Å². The monoisotopic (exact) mass is 278 g/mol. The van der Waals surface area contributed by atoms with Crippen molar-refractivity contribution in [3.63, 3.8) is 0 Å². The summed E-state index contributed by atoms with van der Waals surface area (Å²) in [6, 6.07) is 0. The Hall–Kier alpha value is -0.830. The molecule has 0 aromatic carbocycles. The summed E-state index contributed by atoms with van der Waals surface area (Å²) in [4.78, 5) is 16.7. The Kier molecular flexibility index (Phi) is 5.64. The maximum atomic E-state index is 12.2. The number of piperidine rings is 1. The number of nitrogens with zero attached hydrogens (tertiary/aromatic N) is 2. The predicted molar refractivity (Wildman–Crippen MR) is 83.5 cm³/mol. The molecule has 2 aliphatic rings. The number of hydrogen-bond acceptors (Lipinski definition) is 2. The molecule has 1 amide bonds. The standard InChI is InChI=1S/C17H30N2O/c1-14(2)16-6-4-10-19(13-16)17(20)7-5-9-18-11-8-15(3)12-18/h5,7,14-16H,4,6,8-13H2,1-3H3/b7-5+. The summed E-state index contributed by atoms with van der Waals surface area (Å²) in [6.07, 6.45) is 7.58. The second-order valence-electron chi connectivity index (χ2n) is 6.99. The molecule has 3 heteroatoms. The highest BCUT2D eigenvalue weighted by Gasteiger charge is 2.24. The van der Waals surface area contributed by atoms with Crippen LogP contribution < -0.4 is 0 Å². The average Bonchev–Trinajstić information content (AvgIpc) is 2.84. The number of carbonyl (C=O) groups is 1. The molecule has 20 heavy (non-hydrogen) atoms. The number of rotatable bonds is 4. The largest absolute Gasteiger partial charge is 0.339 e. The first kappa shape index (κ1) is 15.6. The summed E-state index contributed by atoms with van der Waals surface area (Å²) in [5, 5.41) is 0. The molecular formula is C17H30N2O. The molecule has 0 radical (unpaired) electrons. The summed E-state index contributed by atoms with van der Waals surface area (Å²) >= 11 is 0. The van der Waals surface area contributed by atoms with Gasteiger partial charge >= 0.3 is 0 Å². The minimum absolute atomic E-state index is 0.211. The van der Waals surface area contributed by atoms with Crippen LogP contribution in [-0.4, -0.2) is 48.4 Å². The van der Waals surface area contributed by atoms with Gasteiger partial charge in [-0.15, -0.1) is 0 Å². The minimum Gasteiger partial charge on any atom is -0.339 e. The van der Waals surface area contributed by atoms with Gasteiger partial charge in [0.15, 0.2) is 0 Å². The van der Waals surface area contributed by atoms with E-state index in [1.165, 1.54) is 25.9 Å². The van der Waals surface area contributed by atoms with E-state index in [1.807, 2.05) is 4.90 Å². The summed E-state index contributed by atoms with van der Waals surface area (Å²) in [5.41, 5.74) is 0. The van der Waals surface area contributed by atoms with Crippen molar-refractivity contribution in [1.29, 1.82) is 0 Å². The lowest BCUT2D eigenvalue weighted by Gasteiger charge is -2.34. The summed E-state index contributed by atoms with van der Waals surface area (Å²) < 4.78 is 0. The molecule has 0 saturated carbocycles. The third kappa shape index (κ3) is 4.34. The highest BCUT2D eigenvalue weighted by molar-refractivity contribution is 5.87. The van der Waals surface area contributed by atoms with Crippen LogP contribution in [0.1, 0.15) is 40.0 Å². The van der Waals surface area contributed by atoms with Gasteiger partial charge in [-0.2, -0.15) is 0 Å². The molecule has 114 valence electrons. The normalized spacial score (nSPS) is 28.7.